The molecule has 19 heavy (non-hydrogen) atoms. The summed E-state index contributed by atoms with van der Waals surface area (Å²) in [6.45, 7) is 3.90. The Kier molecular flexibility index (Phi) is 3.94. The van der Waals surface area contributed by atoms with E-state index in [4.69, 9.17) is 5.73 Å². The second-order valence-electron chi connectivity index (χ2n) is 5.18. The molecule has 0 aliphatic carbocycles. The maximum absolute atomic E-state index is 13.8. The smallest absolute Gasteiger partial charge is 0.246 e. The Hall–Kier alpha value is -0.980. The van der Waals surface area contributed by atoms with E-state index in [0.717, 1.165) is 5.56 Å². The Morgan fingerprint density at radius 2 is 2.11 bits per heavy atom. The fraction of sp³-hybridized carbons (Fsp3) is 0.538. The van der Waals surface area contributed by atoms with Crippen LogP contribution in [0.1, 0.15) is 25.3 Å². The first-order valence-corrected chi connectivity index (χ1v) is 7.80. The first-order chi connectivity index (χ1) is 8.82. The van der Waals surface area contributed by atoms with Crippen LogP contribution in [0.25, 0.3) is 0 Å². The highest BCUT2D eigenvalue weighted by Gasteiger charge is 2.34. The van der Waals surface area contributed by atoms with E-state index in [1.807, 2.05) is 6.92 Å². The lowest BCUT2D eigenvalue weighted by Crippen LogP contribution is -2.48. The zero-order valence-corrected chi connectivity index (χ0v) is 12.0. The highest BCUT2D eigenvalue weighted by molar-refractivity contribution is 7.89. The van der Waals surface area contributed by atoms with Crippen molar-refractivity contribution in [3.05, 3.63) is 29.6 Å². The fourth-order valence-corrected chi connectivity index (χ4v) is 4.29. The average Bonchev–Trinajstić information content (AvgIpc) is 2.31. The Balaban J connectivity index is 2.39. The molecule has 1 aromatic carbocycles. The number of nitrogens with zero attached hydrogens (tertiary/aromatic N) is 1. The van der Waals surface area contributed by atoms with E-state index in [2.05, 4.69) is 0 Å². The minimum Gasteiger partial charge on any atom is -0.328 e. The molecule has 2 atom stereocenters. The molecule has 2 N–H and O–H groups in total. The normalized spacial score (nSPS) is 25.5. The quantitative estimate of drug-likeness (QED) is 0.899. The van der Waals surface area contributed by atoms with Gasteiger partial charge in [-0.05, 0) is 44.4 Å². The summed E-state index contributed by atoms with van der Waals surface area (Å²) in [6.07, 6.45) is 1.21. The Labute approximate surface area is 113 Å². The fourth-order valence-electron chi connectivity index (χ4n) is 2.48. The van der Waals surface area contributed by atoms with Crippen molar-refractivity contribution in [1.29, 1.82) is 0 Å². The Bertz CT molecular complexity index is 574. The van der Waals surface area contributed by atoms with E-state index in [0.29, 0.717) is 19.4 Å². The SMILES string of the molecule is Cc1ccc(F)c(S(=O)(=O)N2CC[C@H](N)C[C@H]2C)c1. The third-order valence-electron chi connectivity index (χ3n) is 3.53. The van der Waals surface area contributed by atoms with Crippen LogP contribution >= 0.6 is 0 Å². The number of sulfonamides is 1. The molecular formula is C13H19FN2O2S. The first-order valence-electron chi connectivity index (χ1n) is 6.36. The second kappa shape index (κ2) is 5.19. The molecule has 0 bridgehead atoms. The summed E-state index contributed by atoms with van der Waals surface area (Å²) >= 11 is 0. The van der Waals surface area contributed by atoms with Gasteiger partial charge in [0.25, 0.3) is 0 Å². The lowest BCUT2D eigenvalue weighted by atomic mass is 10.0. The van der Waals surface area contributed by atoms with Gasteiger partial charge < -0.3 is 5.73 Å². The summed E-state index contributed by atoms with van der Waals surface area (Å²) in [6, 6.07) is 3.95. The van der Waals surface area contributed by atoms with Gasteiger partial charge in [0, 0.05) is 18.6 Å². The summed E-state index contributed by atoms with van der Waals surface area (Å²) in [4.78, 5) is -0.241. The number of rotatable bonds is 2. The van der Waals surface area contributed by atoms with Crippen LogP contribution < -0.4 is 5.73 Å². The van der Waals surface area contributed by atoms with E-state index < -0.39 is 15.8 Å². The molecule has 0 aromatic heterocycles. The van der Waals surface area contributed by atoms with Gasteiger partial charge in [-0.2, -0.15) is 4.31 Å². The van der Waals surface area contributed by atoms with Gasteiger partial charge in [-0.3, -0.25) is 0 Å². The van der Waals surface area contributed by atoms with Crippen molar-refractivity contribution in [2.45, 2.75) is 43.7 Å². The molecule has 0 amide bonds. The minimum absolute atomic E-state index is 0.0174. The van der Waals surface area contributed by atoms with Gasteiger partial charge in [-0.15, -0.1) is 0 Å². The summed E-state index contributed by atoms with van der Waals surface area (Å²) < 4.78 is 40.2. The molecule has 1 aliphatic rings. The van der Waals surface area contributed by atoms with Gasteiger partial charge in [-0.25, -0.2) is 12.8 Å². The largest absolute Gasteiger partial charge is 0.328 e. The molecule has 0 spiro atoms. The van der Waals surface area contributed by atoms with E-state index in [1.54, 1.807) is 13.0 Å². The molecule has 1 fully saturated rings. The number of piperidine rings is 1. The van der Waals surface area contributed by atoms with E-state index >= 15 is 0 Å². The van der Waals surface area contributed by atoms with E-state index in [1.165, 1.54) is 16.4 Å². The van der Waals surface area contributed by atoms with Crippen molar-refractivity contribution < 1.29 is 12.8 Å². The predicted octanol–water partition coefficient (Wildman–Crippen LogP) is 1.63. The molecule has 0 radical (unpaired) electrons. The van der Waals surface area contributed by atoms with Crippen LogP contribution in [0.15, 0.2) is 23.1 Å². The Morgan fingerprint density at radius 3 is 2.74 bits per heavy atom. The second-order valence-corrected chi connectivity index (χ2v) is 7.04. The molecule has 6 heteroatoms. The topological polar surface area (TPSA) is 63.4 Å². The molecular weight excluding hydrogens is 267 g/mol. The van der Waals surface area contributed by atoms with Crippen molar-refractivity contribution in [3.63, 3.8) is 0 Å². The first kappa shape index (κ1) is 14.4. The predicted molar refractivity (Wildman–Crippen MR) is 71.7 cm³/mol. The molecule has 1 saturated heterocycles. The van der Waals surface area contributed by atoms with Crippen molar-refractivity contribution in [2.75, 3.05) is 6.54 Å². The van der Waals surface area contributed by atoms with Crippen molar-refractivity contribution in [3.8, 4) is 0 Å². The number of halogens is 1. The number of hydrogen-bond acceptors (Lipinski definition) is 3. The van der Waals surface area contributed by atoms with Crippen LogP contribution in [0.5, 0.6) is 0 Å². The highest BCUT2D eigenvalue weighted by Crippen LogP contribution is 2.26. The maximum Gasteiger partial charge on any atom is 0.246 e. The Morgan fingerprint density at radius 1 is 1.42 bits per heavy atom. The average molecular weight is 286 g/mol. The van der Waals surface area contributed by atoms with Crippen LogP contribution in [-0.4, -0.2) is 31.4 Å². The van der Waals surface area contributed by atoms with Crippen LogP contribution in [-0.2, 0) is 10.0 Å². The number of nitrogens with two attached hydrogens (primary N) is 1. The zero-order chi connectivity index (χ0) is 14.2. The standard InChI is InChI=1S/C13H19FN2O2S/c1-9-3-4-12(14)13(7-9)19(17,18)16-6-5-11(15)8-10(16)2/h3-4,7,10-11H,5-6,8,15H2,1-2H3/t10-,11+/m1/s1. The van der Waals surface area contributed by atoms with Gasteiger partial charge in [0.2, 0.25) is 10.0 Å². The third kappa shape index (κ3) is 2.80. The molecule has 0 saturated carbocycles. The van der Waals surface area contributed by atoms with Gasteiger partial charge in [-0.1, -0.05) is 6.07 Å². The number of aryl methyl sites for hydroxylation is 1. The third-order valence-corrected chi connectivity index (χ3v) is 5.56. The number of hydrogen-bond donors (Lipinski definition) is 1. The lowest BCUT2D eigenvalue weighted by Gasteiger charge is -2.35. The summed E-state index contributed by atoms with van der Waals surface area (Å²) in [5.41, 5.74) is 6.55. The van der Waals surface area contributed by atoms with E-state index in [9.17, 15) is 12.8 Å². The van der Waals surface area contributed by atoms with Gasteiger partial charge in [0.15, 0.2) is 0 Å². The molecule has 2 rings (SSSR count). The summed E-state index contributed by atoms with van der Waals surface area (Å²) in [5, 5.41) is 0. The van der Waals surface area contributed by atoms with E-state index in [-0.39, 0.29) is 17.0 Å². The van der Waals surface area contributed by atoms with Crippen molar-refractivity contribution in [1.82, 2.24) is 4.31 Å². The van der Waals surface area contributed by atoms with Gasteiger partial charge >= 0.3 is 0 Å². The van der Waals surface area contributed by atoms with Crippen molar-refractivity contribution >= 4 is 10.0 Å². The van der Waals surface area contributed by atoms with Crippen molar-refractivity contribution in [2.24, 2.45) is 5.73 Å². The monoisotopic (exact) mass is 286 g/mol. The van der Waals surface area contributed by atoms with Crippen LogP contribution in [0.2, 0.25) is 0 Å². The molecule has 1 aliphatic heterocycles. The van der Waals surface area contributed by atoms with Crippen LogP contribution in [0.4, 0.5) is 4.39 Å². The molecule has 1 heterocycles. The van der Waals surface area contributed by atoms with Crippen LogP contribution in [0, 0.1) is 12.7 Å². The summed E-state index contributed by atoms with van der Waals surface area (Å²) in [7, 11) is -3.79. The molecule has 106 valence electrons. The van der Waals surface area contributed by atoms with Gasteiger partial charge in [0.05, 0.1) is 0 Å². The highest BCUT2D eigenvalue weighted by atomic mass is 32.2. The molecule has 1 aromatic rings. The van der Waals surface area contributed by atoms with Gasteiger partial charge in [0.1, 0.15) is 10.7 Å². The number of benzene rings is 1. The summed E-state index contributed by atoms with van der Waals surface area (Å²) in [5.74, 6) is -0.701. The maximum atomic E-state index is 13.8. The molecule has 0 unspecified atom stereocenters. The minimum atomic E-state index is -3.79. The zero-order valence-electron chi connectivity index (χ0n) is 11.1. The lowest BCUT2D eigenvalue weighted by molar-refractivity contribution is 0.246. The molecule has 4 nitrogen and oxygen atoms in total. The van der Waals surface area contributed by atoms with Crippen LogP contribution in [0.3, 0.4) is 0 Å².